The zero-order valence-corrected chi connectivity index (χ0v) is 30.4. The number of para-hydroxylation sites is 3. The molecule has 0 radical (unpaired) electrons. The summed E-state index contributed by atoms with van der Waals surface area (Å²) in [6, 6.07) is 58.9. The van der Waals surface area contributed by atoms with E-state index in [1.807, 2.05) is 23.5 Å². The zero-order chi connectivity index (χ0) is 34.1. The summed E-state index contributed by atoms with van der Waals surface area (Å²) in [6.07, 6.45) is 2.09. The average Bonchev–Trinajstić information content (AvgIpc) is 3.39. The van der Waals surface area contributed by atoms with Crippen LogP contribution in [0.15, 0.2) is 177 Å². The monoisotopic (exact) mass is 691 g/mol. The molecule has 10 rings (SSSR count). The van der Waals surface area contributed by atoms with Gasteiger partial charge in [0, 0.05) is 48.0 Å². The Morgan fingerprint density at radius 2 is 1.08 bits per heavy atom. The van der Waals surface area contributed by atoms with E-state index in [9.17, 15) is 0 Å². The van der Waals surface area contributed by atoms with E-state index in [2.05, 4.69) is 176 Å². The minimum atomic E-state index is -0.0551. The van der Waals surface area contributed by atoms with Crippen molar-refractivity contribution in [3.63, 3.8) is 0 Å². The molecule has 51 heavy (non-hydrogen) atoms. The van der Waals surface area contributed by atoms with Crippen LogP contribution in [0.2, 0.25) is 0 Å². The second-order valence-electron chi connectivity index (χ2n) is 14.5. The van der Waals surface area contributed by atoms with Crippen molar-refractivity contribution in [2.75, 3.05) is 4.90 Å². The number of nitrogens with zero attached hydrogens (tertiary/aromatic N) is 1. The Kier molecular flexibility index (Phi) is 7.30. The lowest BCUT2D eigenvalue weighted by Crippen LogP contribution is -2.21. The molecule has 3 heteroatoms. The van der Waals surface area contributed by atoms with Crippen molar-refractivity contribution in [3.05, 3.63) is 186 Å². The first-order valence-electron chi connectivity index (χ1n) is 17.9. The standard InChI is InChI=1S/C48H37NS2/c1-48(2)40-28-33(25-27-36(40)39-29-46-47(30-41(39)48)51-45-19-11-10-18-44(45)50-46)32-23-20-31(21-24-32)22-26-35-37-14-6-8-16-42(37)49(34-12-4-3-5-13-34)43-17-9-7-15-38(35)43/h3-21,23-25,27-30,35H,22,26H2,1-2H3. The number of fused-ring (bicyclic) bond motifs is 7. The van der Waals surface area contributed by atoms with Crippen LogP contribution in [0.5, 0.6) is 0 Å². The van der Waals surface area contributed by atoms with Gasteiger partial charge >= 0.3 is 0 Å². The third-order valence-electron chi connectivity index (χ3n) is 11.2. The first-order valence-corrected chi connectivity index (χ1v) is 19.6. The van der Waals surface area contributed by atoms with Crippen LogP contribution < -0.4 is 4.90 Å². The highest BCUT2D eigenvalue weighted by Crippen LogP contribution is 2.56. The highest BCUT2D eigenvalue weighted by molar-refractivity contribution is 8.05. The van der Waals surface area contributed by atoms with E-state index in [0.717, 1.165) is 12.8 Å². The Hall–Kier alpha value is -4.96. The van der Waals surface area contributed by atoms with Crippen molar-refractivity contribution in [1.29, 1.82) is 0 Å². The summed E-state index contributed by atoms with van der Waals surface area (Å²) in [5.41, 5.74) is 16.1. The lowest BCUT2D eigenvalue weighted by atomic mass is 9.81. The quantitative estimate of drug-likeness (QED) is 0.177. The molecular formula is C48H37NS2. The molecule has 1 aliphatic carbocycles. The van der Waals surface area contributed by atoms with E-state index in [4.69, 9.17) is 0 Å². The van der Waals surface area contributed by atoms with Crippen molar-refractivity contribution in [1.82, 2.24) is 0 Å². The Morgan fingerprint density at radius 1 is 0.510 bits per heavy atom. The van der Waals surface area contributed by atoms with Gasteiger partial charge in [0.1, 0.15) is 0 Å². The molecule has 2 heterocycles. The van der Waals surface area contributed by atoms with Crippen LogP contribution in [0.1, 0.15) is 54.0 Å². The molecule has 2 aliphatic heterocycles. The third-order valence-corrected chi connectivity index (χ3v) is 13.7. The molecule has 0 saturated heterocycles. The molecule has 0 fully saturated rings. The van der Waals surface area contributed by atoms with Crippen LogP contribution in [0, 0.1) is 0 Å². The van der Waals surface area contributed by atoms with E-state index >= 15 is 0 Å². The number of hydrogen-bond acceptors (Lipinski definition) is 3. The van der Waals surface area contributed by atoms with Gasteiger partial charge in [0.05, 0.1) is 0 Å². The summed E-state index contributed by atoms with van der Waals surface area (Å²) in [5, 5.41) is 0. The number of rotatable bonds is 5. The molecule has 0 atom stereocenters. The Balaban J connectivity index is 0.914. The Morgan fingerprint density at radius 3 is 1.76 bits per heavy atom. The largest absolute Gasteiger partial charge is 0.310 e. The maximum absolute atomic E-state index is 2.47. The van der Waals surface area contributed by atoms with Crippen molar-refractivity contribution in [3.8, 4) is 22.3 Å². The highest BCUT2D eigenvalue weighted by atomic mass is 32.2. The van der Waals surface area contributed by atoms with E-state index < -0.39 is 0 Å². The van der Waals surface area contributed by atoms with Crippen LogP contribution >= 0.6 is 23.5 Å². The van der Waals surface area contributed by atoms with Gasteiger partial charge in [0.25, 0.3) is 0 Å². The van der Waals surface area contributed by atoms with Gasteiger partial charge in [-0.25, -0.2) is 0 Å². The van der Waals surface area contributed by atoms with E-state index in [1.54, 1.807) is 0 Å². The summed E-state index contributed by atoms with van der Waals surface area (Å²) in [6.45, 7) is 4.79. The van der Waals surface area contributed by atoms with Crippen molar-refractivity contribution in [2.45, 2.75) is 57.6 Å². The zero-order valence-electron chi connectivity index (χ0n) is 28.8. The molecule has 3 aliphatic rings. The van der Waals surface area contributed by atoms with Gasteiger partial charge in [0.2, 0.25) is 0 Å². The second kappa shape index (κ2) is 12.1. The lowest BCUT2D eigenvalue weighted by Gasteiger charge is -2.38. The molecule has 0 amide bonds. The highest BCUT2D eigenvalue weighted by Gasteiger charge is 2.37. The van der Waals surface area contributed by atoms with Crippen molar-refractivity contribution >= 4 is 40.6 Å². The van der Waals surface area contributed by atoms with Gasteiger partial charge in [-0.15, -0.1) is 0 Å². The van der Waals surface area contributed by atoms with Crippen molar-refractivity contribution in [2.24, 2.45) is 0 Å². The number of hydrogen-bond donors (Lipinski definition) is 0. The normalized spacial score (nSPS) is 14.9. The Labute approximate surface area is 309 Å². The van der Waals surface area contributed by atoms with Crippen LogP contribution in [0.25, 0.3) is 22.3 Å². The maximum atomic E-state index is 2.47. The van der Waals surface area contributed by atoms with Gasteiger partial charge < -0.3 is 4.90 Å². The SMILES string of the molecule is CC1(C)c2cc(-c3ccc(CCC4c5ccccc5N(c5ccccc5)c5ccccc54)cc3)ccc2-c2cc3c(cc21)Sc1ccccc1S3. The summed E-state index contributed by atoms with van der Waals surface area (Å²) in [4.78, 5) is 7.89. The summed E-state index contributed by atoms with van der Waals surface area (Å²) < 4.78 is 0. The van der Waals surface area contributed by atoms with Gasteiger partial charge in [-0.1, -0.05) is 140 Å². The molecule has 0 unspecified atom stereocenters. The summed E-state index contributed by atoms with van der Waals surface area (Å²) in [7, 11) is 0. The number of benzene rings is 7. The molecule has 1 nitrogen and oxygen atoms in total. The maximum Gasteiger partial charge on any atom is 0.0499 e. The van der Waals surface area contributed by atoms with Gasteiger partial charge in [-0.2, -0.15) is 0 Å². The molecule has 0 saturated carbocycles. The summed E-state index contributed by atoms with van der Waals surface area (Å²) >= 11 is 3.82. The number of anilines is 3. The third kappa shape index (κ3) is 5.09. The van der Waals surface area contributed by atoms with Crippen LogP contribution in [0.3, 0.4) is 0 Å². The molecule has 0 aromatic heterocycles. The molecule has 246 valence electrons. The smallest absolute Gasteiger partial charge is 0.0499 e. The molecule has 0 spiro atoms. The second-order valence-corrected chi connectivity index (χ2v) is 16.6. The fourth-order valence-electron chi connectivity index (χ4n) is 8.55. The Bertz CT molecular complexity index is 2410. The van der Waals surface area contributed by atoms with Gasteiger partial charge in [-0.05, 0) is 118 Å². The minimum Gasteiger partial charge on any atom is -0.310 e. The first kappa shape index (κ1) is 30.8. The predicted molar refractivity (Wildman–Crippen MR) is 215 cm³/mol. The molecule has 7 aromatic carbocycles. The minimum absolute atomic E-state index is 0.0551. The van der Waals surface area contributed by atoms with Gasteiger partial charge in [-0.3, -0.25) is 0 Å². The summed E-state index contributed by atoms with van der Waals surface area (Å²) in [5.74, 6) is 0.342. The van der Waals surface area contributed by atoms with Crippen LogP contribution in [-0.2, 0) is 11.8 Å². The molecule has 0 bridgehead atoms. The van der Waals surface area contributed by atoms with Gasteiger partial charge in [0.15, 0.2) is 0 Å². The fraction of sp³-hybridized carbons (Fsp3) is 0.125. The number of aryl methyl sites for hydroxylation is 1. The van der Waals surface area contributed by atoms with Crippen LogP contribution in [0.4, 0.5) is 17.1 Å². The molecule has 7 aromatic rings. The predicted octanol–water partition coefficient (Wildman–Crippen LogP) is 13.8. The first-order chi connectivity index (χ1) is 25.0. The van der Waals surface area contributed by atoms with E-state index in [-0.39, 0.29) is 5.41 Å². The average molecular weight is 692 g/mol. The van der Waals surface area contributed by atoms with Crippen LogP contribution in [-0.4, -0.2) is 0 Å². The fourth-order valence-corrected chi connectivity index (χ4v) is 10.8. The topological polar surface area (TPSA) is 3.24 Å². The van der Waals surface area contributed by atoms with Crippen molar-refractivity contribution < 1.29 is 0 Å². The molecular weight excluding hydrogens is 655 g/mol. The van der Waals surface area contributed by atoms with E-state index in [0.29, 0.717) is 5.92 Å². The lowest BCUT2D eigenvalue weighted by molar-refractivity contribution is 0.658. The molecule has 0 N–H and O–H groups in total. The van der Waals surface area contributed by atoms with E-state index in [1.165, 1.54) is 86.7 Å².